The zero-order valence-corrected chi connectivity index (χ0v) is 33.5. The first-order chi connectivity index (χ1) is 27.2. The number of carbonyl (C=O) groups is 4. The first-order valence-corrected chi connectivity index (χ1v) is 20.5. The van der Waals surface area contributed by atoms with Crippen molar-refractivity contribution in [3.63, 3.8) is 0 Å². The van der Waals surface area contributed by atoms with Crippen LogP contribution in [0.1, 0.15) is 69.1 Å². The van der Waals surface area contributed by atoms with Crippen LogP contribution < -0.4 is 11.1 Å². The van der Waals surface area contributed by atoms with Crippen molar-refractivity contribution >= 4 is 47.0 Å². The van der Waals surface area contributed by atoms with Crippen LogP contribution in [0, 0.1) is 17.8 Å². The summed E-state index contributed by atoms with van der Waals surface area (Å²) < 4.78 is 52.9. The van der Waals surface area contributed by atoms with Crippen molar-refractivity contribution in [2.75, 3.05) is 70.0 Å². The number of amides is 4. The molecule has 0 radical (unpaired) electrons. The maximum atomic E-state index is 14.1. The van der Waals surface area contributed by atoms with Gasteiger partial charge in [-0.3, -0.25) is 14.5 Å². The SMILES string of the molecule is CC(C)COC(=O)CN1CCC(C2CCN(C(=O)[C@@H](Cc3cc(Cl)c(N)c(C(F)(F)F)c3)OC(=O)N3CCC(N4CCc5ccccc5NC4=O)CC3)CC2)CC1. The van der Waals surface area contributed by atoms with E-state index in [1.165, 1.54) is 11.0 Å². The molecule has 0 bridgehead atoms. The van der Waals surface area contributed by atoms with Crippen LogP contribution in [0.3, 0.4) is 0 Å². The van der Waals surface area contributed by atoms with Crippen molar-refractivity contribution in [1.82, 2.24) is 19.6 Å². The number of nitrogen functional groups attached to an aromatic ring is 1. The van der Waals surface area contributed by atoms with Gasteiger partial charge in [-0.05, 0) is 105 Å². The molecule has 312 valence electrons. The molecular formula is C41H54ClF3N6O6. The minimum Gasteiger partial charge on any atom is -0.464 e. The highest BCUT2D eigenvalue weighted by Crippen LogP contribution is 2.39. The summed E-state index contributed by atoms with van der Waals surface area (Å²) in [6.07, 6.45) is -2.23. The molecule has 4 aliphatic rings. The molecule has 57 heavy (non-hydrogen) atoms. The molecule has 3 N–H and O–H groups in total. The zero-order chi connectivity index (χ0) is 40.9. The van der Waals surface area contributed by atoms with Crippen molar-refractivity contribution in [1.29, 1.82) is 0 Å². The second kappa shape index (κ2) is 18.6. The number of urea groups is 1. The Balaban J connectivity index is 1.07. The molecule has 2 aromatic carbocycles. The number of alkyl halides is 3. The number of benzene rings is 2. The Kier molecular flexibility index (Phi) is 13.8. The van der Waals surface area contributed by atoms with E-state index in [2.05, 4.69) is 10.2 Å². The molecule has 16 heteroatoms. The number of ether oxygens (including phenoxy) is 2. The third-order valence-corrected chi connectivity index (χ3v) is 12.1. The summed E-state index contributed by atoms with van der Waals surface area (Å²) in [4.78, 5) is 60.2. The molecule has 3 saturated heterocycles. The van der Waals surface area contributed by atoms with Crippen LogP contribution in [-0.2, 0) is 38.1 Å². The van der Waals surface area contributed by atoms with Gasteiger partial charge in [0.25, 0.3) is 5.91 Å². The predicted octanol–water partition coefficient (Wildman–Crippen LogP) is 6.69. The van der Waals surface area contributed by atoms with Crippen molar-refractivity contribution in [3.05, 3.63) is 58.1 Å². The van der Waals surface area contributed by atoms with Gasteiger partial charge >= 0.3 is 24.3 Å². The van der Waals surface area contributed by atoms with Crippen molar-refractivity contribution in [2.24, 2.45) is 17.8 Å². The van der Waals surface area contributed by atoms with E-state index in [9.17, 15) is 32.3 Å². The topological polar surface area (TPSA) is 138 Å². The van der Waals surface area contributed by atoms with Gasteiger partial charge < -0.3 is 35.2 Å². The van der Waals surface area contributed by atoms with Gasteiger partial charge in [0.15, 0.2) is 6.10 Å². The molecule has 12 nitrogen and oxygen atoms in total. The number of nitrogens with zero attached hydrogens (tertiary/aromatic N) is 4. The Hall–Kier alpha value is -4.24. The van der Waals surface area contributed by atoms with E-state index in [0.29, 0.717) is 57.3 Å². The van der Waals surface area contributed by atoms with Gasteiger partial charge in [-0.15, -0.1) is 0 Å². The summed E-state index contributed by atoms with van der Waals surface area (Å²) in [5, 5.41) is 2.68. The molecule has 4 heterocycles. The summed E-state index contributed by atoms with van der Waals surface area (Å²) in [5.74, 6) is 0.404. The number of halogens is 4. The lowest BCUT2D eigenvalue weighted by Crippen LogP contribution is -2.52. The van der Waals surface area contributed by atoms with Crippen LogP contribution in [0.25, 0.3) is 0 Å². The molecule has 0 aliphatic carbocycles. The normalized spacial score (nSPS) is 19.8. The summed E-state index contributed by atoms with van der Waals surface area (Å²) in [5.41, 5.74) is 5.85. The Bertz CT molecular complexity index is 1760. The van der Waals surface area contributed by atoms with E-state index in [1.54, 1.807) is 9.80 Å². The average molecular weight is 819 g/mol. The fraction of sp³-hybridized carbons (Fsp3) is 0.610. The molecular weight excluding hydrogens is 765 g/mol. The number of hydrogen-bond donors (Lipinski definition) is 2. The number of para-hydroxylation sites is 1. The number of likely N-dealkylation sites (tertiary alicyclic amines) is 3. The van der Waals surface area contributed by atoms with Gasteiger partial charge in [-0.2, -0.15) is 13.2 Å². The lowest BCUT2D eigenvalue weighted by atomic mass is 9.78. The zero-order valence-electron chi connectivity index (χ0n) is 32.7. The highest BCUT2D eigenvalue weighted by Gasteiger charge is 2.39. The lowest BCUT2D eigenvalue weighted by molar-refractivity contribution is -0.146. The van der Waals surface area contributed by atoms with Crippen molar-refractivity contribution in [2.45, 2.75) is 83.5 Å². The minimum atomic E-state index is -4.79. The minimum absolute atomic E-state index is 0.0642. The fourth-order valence-corrected chi connectivity index (χ4v) is 8.82. The first-order valence-electron chi connectivity index (χ1n) is 20.1. The van der Waals surface area contributed by atoms with E-state index in [0.717, 1.165) is 56.1 Å². The third-order valence-electron chi connectivity index (χ3n) is 11.8. The Morgan fingerprint density at radius 3 is 2.19 bits per heavy atom. The molecule has 0 saturated carbocycles. The van der Waals surface area contributed by atoms with E-state index in [1.807, 2.05) is 38.1 Å². The van der Waals surface area contributed by atoms with E-state index in [-0.39, 0.29) is 60.6 Å². The van der Waals surface area contributed by atoms with Gasteiger partial charge in [0.05, 0.1) is 29.4 Å². The monoisotopic (exact) mass is 818 g/mol. The highest BCUT2D eigenvalue weighted by molar-refractivity contribution is 6.33. The number of anilines is 2. The molecule has 3 fully saturated rings. The standard InChI is InChI=1S/C41H54ClF3N6O6/c1-26(2)25-56-36(52)24-48-14-7-28(8-15-48)29-9-16-49(17-10-29)38(53)35(23-27-21-32(41(43,44)45)37(46)33(42)22-27)57-40(55)50-18-12-31(13-19-50)51-20-11-30-5-3-4-6-34(30)47-39(51)54/h3-6,21-22,26,28-29,31,35H,7-20,23-25,46H2,1-2H3,(H,47,54)/t35-/m1/s1. The number of esters is 1. The summed E-state index contributed by atoms with van der Waals surface area (Å²) >= 11 is 6.14. The van der Waals surface area contributed by atoms with Crippen LogP contribution in [0.4, 0.5) is 34.1 Å². The molecule has 1 atom stereocenters. The predicted molar refractivity (Wildman–Crippen MR) is 210 cm³/mol. The van der Waals surface area contributed by atoms with Crippen LogP contribution >= 0.6 is 11.6 Å². The highest BCUT2D eigenvalue weighted by atomic mass is 35.5. The largest absolute Gasteiger partial charge is 0.464 e. The maximum absolute atomic E-state index is 14.1. The number of nitrogens with one attached hydrogen (secondary N) is 1. The second-order valence-electron chi connectivity index (χ2n) is 16.2. The second-order valence-corrected chi connectivity index (χ2v) is 16.6. The van der Waals surface area contributed by atoms with E-state index < -0.39 is 35.5 Å². The summed E-state index contributed by atoms with van der Waals surface area (Å²) in [6.45, 7) is 8.18. The Morgan fingerprint density at radius 2 is 1.54 bits per heavy atom. The fourth-order valence-electron chi connectivity index (χ4n) is 8.58. The number of fused-ring (bicyclic) bond motifs is 1. The van der Waals surface area contributed by atoms with Crippen LogP contribution in [0.15, 0.2) is 36.4 Å². The smallest absolute Gasteiger partial charge is 0.418 e. The van der Waals surface area contributed by atoms with Gasteiger partial charge in [-0.1, -0.05) is 43.6 Å². The molecule has 6 rings (SSSR count). The van der Waals surface area contributed by atoms with E-state index >= 15 is 0 Å². The summed E-state index contributed by atoms with van der Waals surface area (Å²) in [6, 6.07) is 9.50. The average Bonchev–Trinajstić information content (AvgIpc) is 3.35. The summed E-state index contributed by atoms with van der Waals surface area (Å²) in [7, 11) is 0. The van der Waals surface area contributed by atoms with Gasteiger partial charge in [-0.25, -0.2) is 9.59 Å². The van der Waals surface area contributed by atoms with Gasteiger partial charge in [0.2, 0.25) is 0 Å². The third kappa shape index (κ3) is 10.8. The molecule has 0 aromatic heterocycles. The maximum Gasteiger partial charge on any atom is 0.418 e. The quantitative estimate of drug-likeness (QED) is 0.200. The Labute approximate surface area is 337 Å². The van der Waals surface area contributed by atoms with Crippen LogP contribution in [0.5, 0.6) is 0 Å². The van der Waals surface area contributed by atoms with Crippen LogP contribution in [0.2, 0.25) is 5.02 Å². The molecule has 0 unspecified atom stereocenters. The molecule has 4 aliphatic heterocycles. The number of rotatable bonds is 10. The number of carbonyl (C=O) groups excluding carboxylic acids is 4. The van der Waals surface area contributed by atoms with Crippen molar-refractivity contribution < 1.29 is 41.8 Å². The van der Waals surface area contributed by atoms with Gasteiger partial charge in [0, 0.05) is 50.9 Å². The number of nitrogens with two attached hydrogens (primary N) is 1. The first kappa shape index (κ1) is 42.4. The lowest BCUT2D eigenvalue weighted by Gasteiger charge is -2.41. The van der Waals surface area contributed by atoms with Crippen molar-refractivity contribution in [3.8, 4) is 0 Å². The Morgan fingerprint density at radius 1 is 0.912 bits per heavy atom. The molecule has 4 amide bonds. The number of piperidine rings is 3. The molecule has 0 spiro atoms. The number of hydrogen-bond acceptors (Lipinski definition) is 8. The van der Waals surface area contributed by atoms with Gasteiger partial charge in [0.1, 0.15) is 0 Å². The van der Waals surface area contributed by atoms with E-state index in [4.69, 9.17) is 26.8 Å². The van der Waals surface area contributed by atoms with Crippen LogP contribution in [-0.4, -0.2) is 115 Å². The molecule has 2 aromatic rings.